The third-order valence-corrected chi connectivity index (χ3v) is 5.53. The molecule has 1 unspecified atom stereocenters. The number of rotatable bonds is 4. The predicted octanol–water partition coefficient (Wildman–Crippen LogP) is 3.14. The van der Waals surface area contributed by atoms with Crippen LogP contribution >= 0.6 is 0 Å². The average molecular weight is 329 g/mol. The Labute approximate surface area is 143 Å². The molecule has 1 N–H and O–H groups in total. The third kappa shape index (κ3) is 3.42. The highest BCUT2D eigenvalue weighted by molar-refractivity contribution is 5.82. The van der Waals surface area contributed by atoms with Gasteiger partial charge < -0.3 is 9.47 Å². The number of benzene rings is 1. The number of H-pyrrole nitrogens is 1. The van der Waals surface area contributed by atoms with Gasteiger partial charge in [0.05, 0.1) is 24.9 Å². The number of ether oxygens (including phenoxy) is 2. The topological polar surface area (TPSA) is 50.4 Å². The molecule has 130 valence electrons. The Morgan fingerprint density at radius 3 is 2.96 bits per heavy atom. The van der Waals surface area contributed by atoms with E-state index in [-0.39, 0.29) is 0 Å². The quantitative estimate of drug-likeness (QED) is 0.936. The summed E-state index contributed by atoms with van der Waals surface area (Å²) >= 11 is 0. The molecule has 2 saturated heterocycles. The van der Waals surface area contributed by atoms with Crippen molar-refractivity contribution in [2.75, 3.05) is 32.9 Å². The molecule has 24 heavy (non-hydrogen) atoms. The smallest absolute Gasteiger partial charge is 0.121 e. The van der Waals surface area contributed by atoms with E-state index in [4.69, 9.17) is 9.47 Å². The average Bonchev–Trinajstić information content (AvgIpc) is 3.10. The molecule has 0 saturated carbocycles. The van der Waals surface area contributed by atoms with E-state index < -0.39 is 0 Å². The highest BCUT2D eigenvalue weighted by atomic mass is 16.5. The maximum absolute atomic E-state index is 6.09. The Balaban J connectivity index is 1.29. The number of aromatic amines is 1. The minimum Gasteiger partial charge on any atom is -0.493 e. The molecule has 5 heteroatoms. The Kier molecular flexibility index (Phi) is 4.72. The van der Waals surface area contributed by atoms with Crippen molar-refractivity contribution in [3.05, 3.63) is 23.9 Å². The van der Waals surface area contributed by atoms with Crippen molar-refractivity contribution in [3.8, 4) is 5.75 Å². The molecule has 5 nitrogen and oxygen atoms in total. The van der Waals surface area contributed by atoms with E-state index in [0.29, 0.717) is 12.0 Å². The monoisotopic (exact) mass is 329 g/mol. The zero-order valence-corrected chi connectivity index (χ0v) is 14.5. The van der Waals surface area contributed by atoms with Gasteiger partial charge >= 0.3 is 0 Å². The lowest BCUT2D eigenvalue weighted by molar-refractivity contribution is 0.00186. The largest absolute Gasteiger partial charge is 0.493 e. The molecule has 1 aromatic carbocycles. The molecule has 0 bridgehead atoms. The van der Waals surface area contributed by atoms with Gasteiger partial charge in [0.1, 0.15) is 5.75 Å². The van der Waals surface area contributed by atoms with E-state index >= 15 is 0 Å². The molecular formula is C19H27N3O2. The molecule has 3 heterocycles. The van der Waals surface area contributed by atoms with Crippen LogP contribution in [0, 0.1) is 12.8 Å². The fourth-order valence-corrected chi connectivity index (χ4v) is 3.99. The van der Waals surface area contributed by atoms with Gasteiger partial charge in [-0.1, -0.05) is 0 Å². The molecule has 2 aliphatic rings. The van der Waals surface area contributed by atoms with E-state index in [1.807, 2.05) is 6.20 Å². The molecule has 0 radical (unpaired) electrons. The van der Waals surface area contributed by atoms with Crippen LogP contribution in [0.15, 0.2) is 18.3 Å². The fourth-order valence-electron chi connectivity index (χ4n) is 3.99. The summed E-state index contributed by atoms with van der Waals surface area (Å²) in [5, 5.41) is 8.31. The highest BCUT2D eigenvalue weighted by Crippen LogP contribution is 2.26. The number of aromatic nitrogens is 2. The second-order valence-electron chi connectivity index (χ2n) is 7.23. The molecule has 2 aliphatic heterocycles. The first kappa shape index (κ1) is 15.9. The van der Waals surface area contributed by atoms with Crippen LogP contribution in [0.1, 0.15) is 31.2 Å². The summed E-state index contributed by atoms with van der Waals surface area (Å²) in [6.07, 6.45) is 6.83. The van der Waals surface area contributed by atoms with Crippen LogP contribution in [-0.4, -0.2) is 54.0 Å². The lowest BCUT2D eigenvalue weighted by Gasteiger charge is -2.39. The Hall–Kier alpha value is -1.59. The van der Waals surface area contributed by atoms with Crippen molar-refractivity contribution in [2.24, 2.45) is 5.92 Å². The van der Waals surface area contributed by atoms with Gasteiger partial charge in [-0.05, 0) is 63.2 Å². The molecule has 0 aliphatic carbocycles. The second-order valence-corrected chi connectivity index (χ2v) is 7.23. The third-order valence-electron chi connectivity index (χ3n) is 5.53. The summed E-state index contributed by atoms with van der Waals surface area (Å²) < 4.78 is 11.7. The van der Waals surface area contributed by atoms with Crippen LogP contribution in [0.4, 0.5) is 0 Å². The Morgan fingerprint density at radius 1 is 1.29 bits per heavy atom. The van der Waals surface area contributed by atoms with Crippen molar-refractivity contribution < 1.29 is 9.47 Å². The van der Waals surface area contributed by atoms with E-state index in [2.05, 4.69) is 34.2 Å². The number of fused-ring (bicyclic) bond motifs is 1. The van der Waals surface area contributed by atoms with Gasteiger partial charge in [0.2, 0.25) is 0 Å². The molecule has 2 aromatic rings. The Morgan fingerprint density at radius 2 is 2.17 bits per heavy atom. The first-order chi connectivity index (χ1) is 11.8. The van der Waals surface area contributed by atoms with E-state index in [9.17, 15) is 0 Å². The number of nitrogens with one attached hydrogen (secondary N) is 1. The zero-order valence-electron chi connectivity index (χ0n) is 14.5. The minimum atomic E-state index is 0.644. The number of aryl methyl sites for hydroxylation is 1. The second kappa shape index (κ2) is 7.11. The van der Waals surface area contributed by atoms with Gasteiger partial charge in [-0.3, -0.25) is 10.00 Å². The van der Waals surface area contributed by atoms with Crippen molar-refractivity contribution in [1.29, 1.82) is 0 Å². The maximum Gasteiger partial charge on any atom is 0.121 e. The fraction of sp³-hybridized carbons (Fsp3) is 0.632. The van der Waals surface area contributed by atoms with Crippen molar-refractivity contribution in [1.82, 2.24) is 15.1 Å². The van der Waals surface area contributed by atoms with Gasteiger partial charge in [-0.15, -0.1) is 0 Å². The van der Waals surface area contributed by atoms with Crippen LogP contribution < -0.4 is 4.74 Å². The van der Waals surface area contributed by atoms with Crippen LogP contribution in [0.3, 0.4) is 0 Å². The molecule has 0 amide bonds. The van der Waals surface area contributed by atoms with Crippen LogP contribution in [0.25, 0.3) is 10.9 Å². The van der Waals surface area contributed by atoms with Crippen molar-refractivity contribution >= 4 is 10.9 Å². The van der Waals surface area contributed by atoms with Gasteiger partial charge in [0.25, 0.3) is 0 Å². The standard InChI is InChI=1S/C19H27N3O2/c1-14-9-17(10-19-18(14)11-20-21-19)24-12-15-4-6-22(7-5-15)16-3-2-8-23-13-16/h9-11,15-16H,2-8,12-13H2,1H3,(H,20,21). The van der Waals surface area contributed by atoms with Gasteiger partial charge in [0, 0.05) is 24.1 Å². The van der Waals surface area contributed by atoms with Crippen LogP contribution in [-0.2, 0) is 4.74 Å². The zero-order chi connectivity index (χ0) is 16.4. The summed E-state index contributed by atoms with van der Waals surface area (Å²) in [4.78, 5) is 2.62. The van der Waals surface area contributed by atoms with Crippen molar-refractivity contribution in [3.63, 3.8) is 0 Å². The lowest BCUT2D eigenvalue weighted by atomic mass is 9.95. The van der Waals surface area contributed by atoms with Gasteiger partial charge in [-0.2, -0.15) is 5.10 Å². The SMILES string of the molecule is Cc1cc(OCC2CCN(C3CCCOC3)CC2)cc2[nH]ncc12. The van der Waals surface area contributed by atoms with Crippen LogP contribution in [0.5, 0.6) is 5.75 Å². The predicted molar refractivity (Wildman–Crippen MR) is 94.5 cm³/mol. The van der Waals surface area contributed by atoms with Crippen LogP contribution in [0.2, 0.25) is 0 Å². The normalized spacial score (nSPS) is 23.6. The number of piperidine rings is 1. The minimum absolute atomic E-state index is 0.644. The molecule has 4 rings (SSSR count). The molecule has 0 spiro atoms. The summed E-state index contributed by atoms with van der Waals surface area (Å²) in [6, 6.07) is 4.82. The highest BCUT2D eigenvalue weighted by Gasteiger charge is 2.26. The molecule has 1 aromatic heterocycles. The summed E-state index contributed by atoms with van der Waals surface area (Å²) in [7, 11) is 0. The summed E-state index contributed by atoms with van der Waals surface area (Å²) in [6.45, 7) is 7.15. The molecule has 1 atom stereocenters. The van der Waals surface area contributed by atoms with E-state index in [1.54, 1.807) is 0 Å². The number of likely N-dealkylation sites (tertiary alicyclic amines) is 1. The van der Waals surface area contributed by atoms with Gasteiger partial charge in [-0.25, -0.2) is 0 Å². The number of hydrogen-bond acceptors (Lipinski definition) is 4. The van der Waals surface area contributed by atoms with Gasteiger partial charge in [0.15, 0.2) is 0 Å². The maximum atomic E-state index is 6.09. The number of hydrogen-bond donors (Lipinski definition) is 1. The Bertz CT molecular complexity index is 670. The summed E-state index contributed by atoms with van der Waals surface area (Å²) in [5.74, 6) is 1.61. The first-order valence-corrected chi connectivity index (χ1v) is 9.18. The van der Waals surface area contributed by atoms with E-state index in [0.717, 1.165) is 31.1 Å². The molecule has 2 fully saturated rings. The number of nitrogens with zero attached hydrogens (tertiary/aromatic N) is 2. The lowest BCUT2D eigenvalue weighted by Crippen LogP contribution is -2.46. The first-order valence-electron chi connectivity index (χ1n) is 9.18. The van der Waals surface area contributed by atoms with Crippen molar-refractivity contribution in [2.45, 2.75) is 38.6 Å². The summed E-state index contributed by atoms with van der Waals surface area (Å²) in [5.41, 5.74) is 2.26. The molecular weight excluding hydrogens is 302 g/mol. The van der Waals surface area contributed by atoms with E-state index in [1.165, 1.54) is 49.7 Å².